The minimum atomic E-state index is -0.425. The summed E-state index contributed by atoms with van der Waals surface area (Å²) < 4.78 is 0. The zero-order chi connectivity index (χ0) is 12.2. The van der Waals surface area contributed by atoms with Crippen LogP contribution in [-0.2, 0) is 5.41 Å². The molecule has 1 heterocycles. The van der Waals surface area contributed by atoms with Crippen molar-refractivity contribution >= 4 is 0 Å². The first-order chi connectivity index (χ1) is 7.45. The van der Waals surface area contributed by atoms with Crippen LogP contribution < -0.4 is 11.2 Å². The monoisotopic (exact) mass is 224 g/mol. The lowest BCUT2D eigenvalue weighted by molar-refractivity contribution is 0.436. The predicted molar refractivity (Wildman–Crippen MR) is 64.9 cm³/mol. The molecule has 0 aliphatic heterocycles. The lowest BCUT2D eigenvalue weighted by Crippen LogP contribution is -2.29. The van der Waals surface area contributed by atoms with Gasteiger partial charge in [0.2, 0.25) is 0 Å². The Bertz CT molecular complexity index is 415. The number of aromatic amines is 2. The highest BCUT2D eigenvalue weighted by atomic mass is 16.2. The lowest BCUT2D eigenvalue weighted by Gasteiger charge is -2.24. The summed E-state index contributed by atoms with van der Waals surface area (Å²) in [5.74, 6) is 0. The molecule has 0 atom stereocenters. The van der Waals surface area contributed by atoms with Crippen LogP contribution in [0.5, 0.6) is 0 Å². The quantitative estimate of drug-likeness (QED) is 0.750. The van der Waals surface area contributed by atoms with E-state index in [1.165, 1.54) is 18.9 Å². The molecule has 90 valence electrons. The van der Waals surface area contributed by atoms with Crippen molar-refractivity contribution in [2.24, 2.45) is 0 Å². The fourth-order valence-corrected chi connectivity index (χ4v) is 1.78. The highest BCUT2D eigenvalue weighted by Gasteiger charge is 2.21. The predicted octanol–water partition coefficient (Wildman–Crippen LogP) is 1.92. The van der Waals surface area contributed by atoms with Gasteiger partial charge >= 0.3 is 5.69 Å². The molecule has 0 radical (unpaired) electrons. The Kier molecular flexibility index (Phi) is 4.10. The van der Waals surface area contributed by atoms with Crippen LogP contribution in [0.1, 0.15) is 52.1 Å². The summed E-state index contributed by atoms with van der Waals surface area (Å²) in [7, 11) is 0. The first kappa shape index (κ1) is 12.7. The minimum Gasteiger partial charge on any atom is -0.311 e. The van der Waals surface area contributed by atoms with Gasteiger partial charge in [0.25, 0.3) is 5.56 Å². The molecule has 0 saturated carbocycles. The number of unbranched alkanes of at least 4 members (excludes halogenated alkanes) is 2. The highest BCUT2D eigenvalue weighted by molar-refractivity contribution is 5.11. The molecule has 0 aliphatic rings. The number of hydrogen-bond acceptors (Lipinski definition) is 2. The zero-order valence-corrected chi connectivity index (χ0v) is 10.2. The van der Waals surface area contributed by atoms with Gasteiger partial charge in [-0.3, -0.25) is 9.78 Å². The van der Waals surface area contributed by atoms with E-state index in [2.05, 4.69) is 16.9 Å². The van der Waals surface area contributed by atoms with Crippen molar-refractivity contribution in [2.45, 2.75) is 51.9 Å². The van der Waals surface area contributed by atoms with E-state index >= 15 is 0 Å². The van der Waals surface area contributed by atoms with Gasteiger partial charge in [0.15, 0.2) is 0 Å². The van der Waals surface area contributed by atoms with Crippen molar-refractivity contribution in [2.75, 3.05) is 0 Å². The van der Waals surface area contributed by atoms with Crippen LogP contribution in [0.2, 0.25) is 0 Å². The number of H-pyrrole nitrogens is 2. The molecule has 0 bridgehead atoms. The van der Waals surface area contributed by atoms with E-state index < -0.39 is 5.69 Å². The average molecular weight is 224 g/mol. The summed E-state index contributed by atoms with van der Waals surface area (Å²) in [6.45, 7) is 6.25. The van der Waals surface area contributed by atoms with Gasteiger partial charge < -0.3 is 4.98 Å². The molecule has 0 saturated heterocycles. The van der Waals surface area contributed by atoms with Crippen LogP contribution in [0.4, 0.5) is 0 Å². The second kappa shape index (κ2) is 5.14. The normalized spacial score (nSPS) is 11.7. The maximum absolute atomic E-state index is 11.2. The standard InChI is InChI=1S/C12H20N2O2/c1-4-5-6-7-12(2,3)9-8-10(15)14-11(16)13-9/h8H,4-7H2,1-3H3,(H2,13,14,15,16). The van der Waals surface area contributed by atoms with Gasteiger partial charge in [0, 0.05) is 17.2 Å². The molecular formula is C12H20N2O2. The molecule has 4 nitrogen and oxygen atoms in total. The van der Waals surface area contributed by atoms with Crippen molar-refractivity contribution < 1.29 is 0 Å². The molecule has 0 spiro atoms. The third-order valence-corrected chi connectivity index (χ3v) is 2.89. The summed E-state index contributed by atoms with van der Waals surface area (Å²) in [4.78, 5) is 27.3. The molecule has 1 aromatic rings. The molecule has 0 fully saturated rings. The third-order valence-electron chi connectivity index (χ3n) is 2.89. The number of aromatic nitrogens is 2. The third kappa shape index (κ3) is 3.36. The Hall–Kier alpha value is -1.32. The van der Waals surface area contributed by atoms with Gasteiger partial charge in [-0.2, -0.15) is 0 Å². The molecular weight excluding hydrogens is 204 g/mol. The maximum atomic E-state index is 11.2. The average Bonchev–Trinajstić information content (AvgIpc) is 2.16. The van der Waals surface area contributed by atoms with E-state index in [1.807, 2.05) is 13.8 Å². The van der Waals surface area contributed by atoms with Crippen LogP contribution >= 0.6 is 0 Å². The van der Waals surface area contributed by atoms with Crippen LogP contribution in [0.15, 0.2) is 15.7 Å². The largest absolute Gasteiger partial charge is 0.325 e. The van der Waals surface area contributed by atoms with E-state index in [1.54, 1.807) is 0 Å². The van der Waals surface area contributed by atoms with Crippen LogP contribution in [0.3, 0.4) is 0 Å². The van der Waals surface area contributed by atoms with Crippen LogP contribution in [0.25, 0.3) is 0 Å². The van der Waals surface area contributed by atoms with Gasteiger partial charge in [-0.25, -0.2) is 4.79 Å². The Labute approximate surface area is 95.1 Å². The van der Waals surface area contributed by atoms with Crippen LogP contribution in [-0.4, -0.2) is 9.97 Å². The molecule has 1 aromatic heterocycles. The molecule has 0 aromatic carbocycles. The first-order valence-corrected chi connectivity index (χ1v) is 5.80. The van der Waals surface area contributed by atoms with E-state index in [4.69, 9.17) is 0 Å². The number of rotatable bonds is 5. The summed E-state index contributed by atoms with van der Waals surface area (Å²) in [5.41, 5.74) is -0.187. The van der Waals surface area contributed by atoms with Gasteiger partial charge in [0.05, 0.1) is 0 Å². The Morgan fingerprint density at radius 3 is 2.44 bits per heavy atom. The van der Waals surface area contributed by atoms with E-state index in [-0.39, 0.29) is 11.0 Å². The first-order valence-electron chi connectivity index (χ1n) is 5.80. The Balaban J connectivity index is 2.88. The fourth-order valence-electron chi connectivity index (χ4n) is 1.78. The van der Waals surface area contributed by atoms with Gasteiger partial charge in [-0.15, -0.1) is 0 Å². The van der Waals surface area contributed by atoms with E-state index in [0.717, 1.165) is 18.5 Å². The topological polar surface area (TPSA) is 65.7 Å². The van der Waals surface area contributed by atoms with Crippen LogP contribution in [0, 0.1) is 0 Å². The van der Waals surface area contributed by atoms with Crippen molar-refractivity contribution in [3.63, 3.8) is 0 Å². The van der Waals surface area contributed by atoms with Crippen molar-refractivity contribution in [3.8, 4) is 0 Å². The summed E-state index contributed by atoms with van der Waals surface area (Å²) in [5, 5.41) is 0. The molecule has 16 heavy (non-hydrogen) atoms. The molecule has 0 unspecified atom stereocenters. The molecule has 0 amide bonds. The highest BCUT2D eigenvalue weighted by Crippen LogP contribution is 2.26. The molecule has 2 N–H and O–H groups in total. The summed E-state index contributed by atoms with van der Waals surface area (Å²) in [6, 6.07) is 1.48. The number of nitrogens with one attached hydrogen (secondary N) is 2. The minimum absolute atomic E-state index is 0.150. The Morgan fingerprint density at radius 1 is 1.19 bits per heavy atom. The number of hydrogen-bond donors (Lipinski definition) is 2. The van der Waals surface area contributed by atoms with Crippen molar-refractivity contribution in [3.05, 3.63) is 32.6 Å². The SMILES string of the molecule is CCCCCC(C)(C)c1cc(=O)[nH]c(=O)[nH]1. The second-order valence-electron chi connectivity index (χ2n) is 4.84. The van der Waals surface area contributed by atoms with Crippen molar-refractivity contribution in [1.29, 1.82) is 0 Å². The lowest BCUT2D eigenvalue weighted by atomic mass is 9.83. The van der Waals surface area contributed by atoms with E-state index in [9.17, 15) is 9.59 Å². The summed E-state index contributed by atoms with van der Waals surface area (Å²) >= 11 is 0. The fraction of sp³-hybridized carbons (Fsp3) is 0.667. The van der Waals surface area contributed by atoms with E-state index in [0.29, 0.717) is 0 Å². The maximum Gasteiger partial charge on any atom is 0.325 e. The smallest absolute Gasteiger partial charge is 0.311 e. The zero-order valence-electron chi connectivity index (χ0n) is 10.2. The van der Waals surface area contributed by atoms with Gasteiger partial charge in [0.1, 0.15) is 0 Å². The Morgan fingerprint density at radius 2 is 1.88 bits per heavy atom. The molecule has 0 aliphatic carbocycles. The summed E-state index contributed by atoms with van der Waals surface area (Å²) in [6.07, 6.45) is 4.43. The molecule has 4 heteroatoms. The molecule has 1 rings (SSSR count). The van der Waals surface area contributed by atoms with Crippen molar-refractivity contribution in [1.82, 2.24) is 9.97 Å². The van der Waals surface area contributed by atoms with Gasteiger partial charge in [-0.05, 0) is 6.42 Å². The van der Waals surface area contributed by atoms with Gasteiger partial charge in [-0.1, -0.05) is 40.0 Å². The second-order valence-corrected chi connectivity index (χ2v) is 4.84.